The van der Waals surface area contributed by atoms with Crippen LogP contribution >= 0.6 is 0 Å². The third kappa shape index (κ3) is 3.30. The van der Waals surface area contributed by atoms with Crippen molar-refractivity contribution in [2.75, 3.05) is 17.4 Å². The monoisotopic (exact) mass is 372 g/mol. The van der Waals surface area contributed by atoms with Crippen LogP contribution in [0, 0.1) is 0 Å². The zero-order valence-electron chi connectivity index (χ0n) is 14.7. The molecule has 4 aromatic rings. The van der Waals surface area contributed by atoms with Crippen molar-refractivity contribution in [3.63, 3.8) is 0 Å². The lowest BCUT2D eigenvalue weighted by molar-refractivity contribution is 0.174. The number of fused-ring (bicyclic) bond motifs is 1. The Balaban J connectivity index is 1.30. The zero-order chi connectivity index (χ0) is 18.8. The molecule has 0 amide bonds. The van der Waals surface area contributed by atoms with Gasteiger partial charge in [-0.25, -0.2) is 15.0 Å². The van der Waals surface area contributed by atoms with Crippen molar-refractivity contribution < 1.29 is 9.47 Å². The molecule has 28 heavy (non-hydrogen) atoms. The van der Waals surface area contributed by atoms with Crippen molar-refractivity contribution in [2.24, 2.45) is 0 Å². The zero-order valence-corrected chi connectivity index (χ0v) is 14.7. The molecular formula is C20H16N6O2. The number of imidazole rings is 1. The summed E-state index contributed by atoms with van der Waals surface area (Å²) >= 11 is 0. The first kappa shape index (κ1) is 16.1. The number of rotatable bonds is 5. The summed E-state index contributed by atoms with van der Waals surface area (Å²) < 4.78 is 12.7. The first-order valence-corrected chi connectivity index (χ1v) is 8.68. The Hall–Kier alpha value is -4.07. The highest BCUT2D eigenvalue weighted by Gasteiger charge is 2.13. The number of benzene rings is 2. The minimum absolute atomic E-state index is 0.250. The van der Waals surface area contributed by atoms with Crippen LogP contribution in [0.3, 0.4) is 0 Å². The molecule has 2 aromatic carbocycles. The van der Waals surface area contributed by atoms with Crippen molar-refractivity contribution in [1.82, 2.24) is 19.5 Å². The molecule has 0 fully saturated rings. The molecule has 0 saturated heterocycles. The maximum Gasteiger partial charge on any atom is 0.231 e. The fourth-order valence-electron chi connectivity index (χ4n) is 2.89. The topological polar surface area (TPSA) is 86.1 Å². The molecule has 1 aliphatic heterocycles. The van der Waals surface area contributed by atoms with Gasteiger partial charge >= 0.3 is 0 Å². The molecule has 0 aliphatic carbocycles. The number of anilines is 4. The third-order valence-electron chi connectivity index (χ3n) is 4.25. The Morgan fingerprint density at radius 2 is 1.57 bits per heavy atom. The van der Waals surface area contributed by atoms with E-state index in [2.05, 4.69) is 25.6 Å². The molecule has 8 heteroatoms. The quantitative estimate of drug-likeness (QED) is 0.550. The van der Waals surface area contributed by atoms with Gasteiger partial charge < -0.3 is 24.7 Å². The van der Waals surface area contributed by atoms with Gasteiger partial charge in [-0.05, 0) is 36.4 Å². The summed E-state index contributed by atoms with van der Waals surface area (Å²) in [4.78, 5) is 12.6. The van der Waals surface area contributed by atoms with Gasteiger partial charge in [0.1, 0.15) is 18.0 Å². The number of hydrogen-bond donors (Lipinski definition) is 2. The number of nitrogens with one attached hydrogen (secondary N) is 2. The molecule has 0 bridgehead atoms. The highest BCUT2D eigenvalue weighted by molar-refractivity contribution is 5.65. The van der Waals surface area contributed by atoms with Crippen LogP contribution in [0.15, 0.2) is 73.6 Å². The molecule has 2 aromatic heterocycles. The van der Waals surface area contributed by atoms with Gasteiger partial charge in [-0.15, -0.1) is 0 Å². The summed E-state index contributed by atoms with van der Waals surface area (Å²) in [5.74, 6) is 2.82. The standard InChI is InChI=1S/C20H16N6O2/c1-4-16(26-8-7-21-12-26)5-2-14(1)24-19-10-20(23-11-22-19)25-15-3-6-17-18(9-15)28-13-27-17/h1-12H,13H2,(H2,22,23,24,25). The molecule has 138 valence electrons. The molecule has 5 rings (SSSR count). The fourth-order valence-corrected chi connectivity index (χ4v) is 2.89. The first-order valence-electron chi connectivity index (χ1n) is 8.68. The van der Waals surface area contributed by atoms with Crippen molar-refractivity contribution in [1.29, 1.82) is 0 Å². The van der Waals surface area contributed by atoms with E-state index in [0.29, 0.717) is 11.6 Å². The predicted molar refractivity (Wildman–Crippen MR) is 105 cm³/mol. The molecule has 3 heterocycles. The normalized spacial score (nSPS) is 12.0. The highest BCUT2D eigenvalue weighted by Crippen LogP contribution is 2.35. The lowest BCUT2D eigenvalue weighted by Crippen LogP contribution is -1.99. The van der Waals surface area contributed by atoms with E-state index in [-0.39, 0.29) is 6.79 Å². The van der Waals surface area contributed by atoms with Crippen molar-refractivity contribution in [3.05, 3.63) is 73.6 Å². The van der Waals surface area contributed by atoms with Crippen molar-refractivity contribution in [2.45, 2.75) is 0 Å². The van der Waals surface area contributed by atoms with Crippen LogP contribution in [0.5, 0.6) is 11.5 Å². The summed E-state index contributed by atoms with van der Waals surface area (Å²) in [5.41, 5.74) is 2.83. The molecule has 0 radical (unpaired) electrons. The Kier molecular flexibility index (Phi) is 3.98. The van der Waals surface area contributed by atoms with E-state index in [1.54, 1.807) is 12.5 Å². The van der Waals surface area contributed by atoms with E-state index < -0.39 is 0 Å². The van der Waals surface area contributed by atoms with E-state index in [1.165, 1.54) is 6.33 Å². The number of hydrogen-bond acceptors (Lipinski definition) is 7. The number of ether oxygens (including phenoxy) is 2. The van der Waals surface area contributed by atoms with Crippen LogP contribution < -0.4 is 20.1 Å². The second kappa shape index (κ2) is 6.92. The van der Waals surface area contributed by atoms with E-state index in [0.717, 1.165) is 28.6 Å². The maximum atomic E-state index is 5.40. The second-order valence-corrected chi connectivity index (χ2v) is 6.12. The molecule has 0 saturated carbocycles. The Morgan fingerprint density at radius 1 is 0.821 bits per heavy atom. The lowest BCUT2D eigenvalue weighted by atomic mass is 10.2. The van der Waals surface area contributed by atoms with E-state index >= 15 is 0 Å². The van der Waals surface area contributed by atoms with Gasteiger partial charge in [-0.3, -0.25) is 0 Å². The predicted octanol–water partition coefficient (Wildman–Crippen LogP) is 3.88. The van der Waals surface area contributed by atoms with Crippen LogP contribution in [0.2, 0.25) is 0 Å². The summed E-state index contributed by atoms with van der Waals surface area (Å²) in [6.07, 6.45) is 6.93. The van der Waals surface area contributed by atoms with Gasteiger partial charge in [0.25, 0.3) is 0 Å². The van der Waals surface area contributed by atoms with Crippen LogP contribution in [0.4, 0.5) is 23.0 Å². The molecular weight excluding hydrogens is 356 g/mol. The molecule has 0 unspecified atom stereocenters. The average molecular weight is 372 g/mol. The van der Waals surface area contributed by atoms with E-state index in [1.807, 2.05) is 59.3 Å². The minimum atomic E-state index is 0.250. The van der Waals surface area contributed by atoms with E-state index in [4.69, 9.17) is 9.47 Å². The van der Waals surface area contributed by atoms with Crippen molar-refractivity contribution >= 4 is 23.0 Å². The molecule has 1 aliphatic rings. The average Bonchev–Trinajstić information content (AvgIpc) is 3.41. The Labute approximate surface area is 160 Å². The fraction of sp³-hybridized carbons (Fsp3) is 0.0500. The van der Waals surface area contributed by atoms with Gasteiger partial charge in [0.05, 0.1) is 6.33 Å². The minimum Gasteiger partial charge on any atom is -0.454 e. The van der Waals surface area contributed by atoms with Crippen LogP contribution in [0.1, 0.15) is 0 Å². The summed E-state index contributed by atoms with van der Waals surface area (Å²) in [6.45, 7) is 0.250. The van der Waals surface area contributed by atoms with Crippen LogP contribution in [0.25, 0.3) is 5.69 Å². The molecule has 2 N–H and O–H groups in total. The van der Waals surface area contributed by atoms with Crippen LogP contribution in [-0.4, -0.2) is 26.3 Å². The molecule has 0 spiro atoms. The maximum absolute atomic E-state index is 5.40. The first-order chi connectivity index (χ1) is 13.8. The van der Waals surface area contributed by atoms with Crippen LogP contribution in [-0.2, 0) is 0 Å². The van der Waals surface area contributed by atoms with Crippen molar-refractivity contribution in [3.8, 4) is 17.2 Å². The largest absolute Gasteiger partial charge is 0.454 e. The van der Waals surface area contributed by atoms with Gasteiger partial charge in [-0.1, -0.05) is 0 Å². The summed E-state index contributed by atoms with van der Waals surface area (Å²) in [7, 11) is 0. The lowest BCUT2D eigenvalue weighted by Gasteiger charge is -2.10. The summed E-state index contributed by atoms with van der Waals surface area (Å²) in [5, 5.41) is 6.53. The molecule has 8 nitrogen and oxygen atoms in total. The smallest absolute Gasteiger partial charge is 0.231 e. The van der Waals surface area contributed by atoms with E-state index in [9.17, 15) is 0 Å². The SMILES string of the molecule is c1cn(-c2ccc(Nc3cc(Nc4ccc5c(c4)OCO5)ncn3)cc2)cn1. The van der Waals surface area contributed by atoms with Gasteiger partial charge in [0, 0.05) is 41.6 Å². The second-order valence-electron chi connectivity index (χ2n) is 6.12. The Bertz CT molecular complexity index is 1100. The molecule has 0 atom stereocenters. The number of nitrogens with zero attached hydrogens (tertiary/aromatic N) is 4. The third-order valence-corrected chi connectivity index (χ3v) is 4.25. The highest BCUT2D eigenvalue weighted by atomic mass is 16.7. The number of aromatic nitrogens is 4. The van der Waals surface area contributed by atoms with Gasteiger partial charge in [0.15, 0.2) is 11.5 Å². The summed E-state index contributed by atoms with van der Waals surface area (Å²) in [6, 6.07) is 15.5. The van der Waals surface area contributed by atoms with Gasteiger partial charge in [0.2, 0.25) is 6.79 Å². The van der Waals surface area contributed by atoms with Gasteiger partial charge in [-0.2, -0.15) is 0 Å². The Morgan fingerprint density at radius 3 is 2.36 bits per heavy atom.